The van der Waals surface area contributed by atoms with E-state index in [1.54, 1.807) is 0 Å². The second-order valence-corrected chi connectivity index (χ2v) is 3.84. The summed E-state index contributed by atoms with van der Waals surface area (Å²) in [5, 5.41) is -0.189. The summed E-state index contributed by atoms with van der Waals surface area (Å²) < 4.78 is 0. The average Bonchev–Trinajstić information content (AvgIpc) is 2.11. The molecule has 2 N–H and O–H groups in total. The van der Waals surface area contributed by atoms with E-state index < -0.39 is 0 Å². The second kappa shape index (κ2) is 4.43. The third kappa shape index (κ3) is 2.57. The summed E-state index contributed by atoms with van der Waals surface area (Å²) in [5.74, 6) is 0.460. The Hall–Kier alpha value is -0.810. The normalized spacial score (nSPS) is 17.8. The van der Waals surface area contributed by atoms with Crippen molar-refractivity contribution in [2.75, 3.05) is 18.8 Å². The standard InChI is InChI=1S/C8H12N2O2S/c1-6(4-9)5-10-7(11)2-3-13-8(10)12/h1-5,9H2. The van der Waals surface area contributed by atoms with Gasteiger partial charge in [0, 0.05) is 18.7 Å². The summed E-state index contributed by atoms with van der Waals surface area (Å²) in [5.41, 5.74) is 6.02. The molecule has 1 fully saturated rings. The van der Waals surface area contributed by atoms with Gasteiger partial charge in [-0.3, -0.25) is 14.5 Å². The van der Waals surface area contributed by atoms with E-state index in [1.807, 2.05) is 0 Å². The third-order valence-corrected chi connectivity index (χ3v) is 2.61. The van der Waals surface area contributed by atoms with Gasteiger partial charge in [-0.05, 0) is 5.57 Å². The molecule has 0 saturated carbocycles. The quantitative estimate of drug-likeness (QED) is 0.677. The Morgan fingerprint density at radius 2 is 2.31 bits per heavy atom. The predicted molar refractivity (Wildman–Crippen MR) is 52.4 cm³/mol. The van der Waals surface area contributed by atoms with Crippen molar-refractivity contribution in [1.82, 2.24) is 4.90 Å². The molecule has 1 heterocycles. The lowest BCUT2D eigenvalue weighted by Gasteiger charge is -2.24. The molecule has 2 amide bonds. The largest absolute Gasteiger partial charge is 0.327 e. The molecule has 1 rings (SSSR count). The molecule has 4 nitrogen and oxygen atoms in total. The van der Waals surface area contributed by atoms with E-state index in [1.165, 1.54) is 16.7 Å². The topological polar surface area (TPSA) is 63.4 Å². The van der Waals surface area contributed by atoms with Crippen molar-refractivity contribution in [3.63, 3.8) is 0 Å². The first kappa shape index (κ1) is 10.3. The highest BCUT2D eigenvalue weighted by molar-refractivity contribution is 8.13. The molecular weight excluding hydrogens is 188 g/mol. The van der Waals surface area contributed by atoms with E-state index in [4.69, 9.17) is 5.73 Å². The van der Waals surface area contributed by atoms with E-state index in [-0.39, 0.29) is 17.7 Å². The SMILES string of the molecule is C=C(CN)CN1C(=O)CCSC1=O. The Balaban J connectivity index is 2.59. The van der Waals surface area contributed by atoms with Crippen LogP contribution in [-0.4, -0.2) is 34.9 Å². The zero-order valence-electron chi connectivity index (χ0n) is 7.28. The molecule has 1 aliphatic rings. The minimum absolute atomic E-state index is 0.127. The summed E-state index contributed by atoms with van der Waals surface area (Å²) in [7, 11) is 0. The molecule has 72 valence electrons. The highest BCUT2D eigenvalue weighted by Gasteiger charge is 2.26. The molecule has 0 aromatic rings. The Morgan fingerprint density at radius 1 is 1.62 bits per heavy atom. The number of rotatable bonds is 3. The van der Waals surface area contributed by atoms with Gasteiger partial charge in [0.25, 0.3) is 5.24 Å². The molecular formula is C8H12N2O2S. The number of nitrogens with two attached hydrogens (primary N) is 1. The number of carbonyl (C=O) groups excluding carboxylic acids is 2. The van der Waals surface area contributed by atoms with Gasteiger partial charge in [-0.2, -0.15) is 0 Å². The minimum atomic E-state index is -0.189. The van der Waals surface area contributed by atoms with Crippen LogP contribution in [0, 0.1) is 0 Å². The lowest BCUT2D eigenvalue weighted by Crippen LogP contribution is -2.40. The van der Waals surface area contributed by atoms with Crippen LogP contribution in [0.5, 0.6) is 0 Å². The highest BCUT2D eigenvalue weighted by atomic mass is 32.2. The van der Waals surface area contributed by atoms with Crippen molar-refractivity contribution in [1.29, 1.82) is 0 Å². The zero-order valence-corrected chi connectivity index (χ0v) is 8.10. The van der Waals surface area contributed by atoms with E-state index in [2.05, 4.69) is 6.58 Å². The summed E-state index contributed by atoms with van der Waals surface area (Å²) in [6.45, 7) is 4.23. The Morgan fingerprint density at radius 3 is 2.85 bits per heavy atom. The highest BCUT2D eigenvalue weighted by Crippen LogP contribution is 2.18. The number of amides is 2. The van der Waals surface area contributed by atoms with Gasteiger partial charge in [0.2, 0.25) is 5.91 Å². The van der Waals surface area contributed by atoms with Gasteiger partial charge in [-0.25, -0.2) is 0 Å². The predicted octanol–water partition coefficient (Wildman–Crippen LogP) is 0.587. The van der Waals surface area contributed by atoms with Crippen LogP contribution in [0.25, 0.3) is 0 Å². The van der Waals surface area contributed by atoms with Gasteiger partial charge in [-0.15, -0.1) is 0 Å². The maximum atomic E-state index is 11.3. The van der Waals surface area contributed by atoms with E-state index in [0.717, 1.165) is 0 Å². The van der Waals surface area contributed by atoms with E-state index >= 15 is 0 Å². The first-order valence-electron chi connectivity index (χ1n) is 3.99. The maximum Gasteiger partial charge on any atom is 0.288 e. The number of hydrogen-bond acceptors (Lipinski definition) is 4. The van der Waals surface area contributed by atoms with Crippen molar-refractivity contribution in [2.24, 2.45) is 5.73 Å². The van der Waals surface area contributed by atoms with Crippen LogP contribution in [0.15, 0.2) is 12.2 Å². The van der Waals surface area contributed by atoms with Crippen molar-refractivity contribution < 1.29 is 9.59 Å². The third-order valence-electron chi connectivity index (χ3n) is 1.73. The Kier molecular flexibility index (Phi) is 3.50. The summed E-state index contributed by atoms with van der Waals surface area (Å²) in [6.07, 6.45) is 0.425. The first-order chi connectivity index (χ1) is 6.15. The number of carbonyl (C=O) groups is 2. The zero-order chi connectivity index (χ0) is 9.84. The number of nitrogens with zero attached hydrogens (tertiary/aromatic N) is 1. The number of hydrogen-bond donors (Lipinski definition) is 1. The fourth-order valence-corrected chi connectivity index (χ4v) is 1.75. The first-order valence-corrected chi connectivity index (χ1v) is 4.97. The molecule has 0 aromatic heterocycles. The van der Waals surface area contributed by atoms with Crippen LogP contribution in [0.1, 0.15) is 6.42 Å². The van der Waals surface area contributed by atoms with Gasteiger partial charge in [0.05, 0.1) is 6.54 Å². The fourth-order valence-electron chi connectivity index (χ4n) is 0.981. The van der Waals surface area contributed by atoms with Gasteiger partial charge in [-0.1, -0.05) is 18.3 Å². The van der Waals surface area contributed by atoms with Gasteiger partial charge < -0.3 is 5.73 Å². The van der Waals surface area contributed by atoms with Crippen LogP contribution in [0.2, 0.25) is 0 Å². The molecule has 1 aliphatic heterocycles. The van der Waals surface area contributed by atoms with Gasteiger partial charge in [0.15, 0.2) is 0 Å². The van der Waals surface area contributed by atoms with Crippen molar-refractivity contribution in [3.8, 4) is 0 Å². The summed E-state index contributed by atoms with van der Waals surface area (Å²) >= 11 is 1.17. The van der Waals surface area contributed by atoms with Crippen molar-refractivity contribution in [3.05, 3.63) is 12.2 Å². The second-order valence-electron chi connectivity index (χ2n) is 2.80. The average molecular weight is 200 g/mol. The van der Waals surface area contributed by atoms with Crippen molar-refractivity contribution >= 4 is 22.9 Å². The van der Waals surface area contributed by atoms with Crippen LogP contribution in [-0.2, 0) is 4.79 Å². The summed E-state index contributed by atoms with van der Waals surface area (Å²) in [6, 6.07) is 0. The molecule has 0 atom stereocenters. The molecule has 5 heteroatoms. The lowest BCUT2D eigenvalue weighted by molar-refractivity contribution is -0.127. The smallest absolute Gasteiger partial charge is 0.288 e. The van der Waals surface area contributed by atoms with Crippen LogP contribution in [0.4, 0.5) is 4.79 Å². The molecule has 0 aromatic carbocycles. The molecule has 0 radical (unpaired) electrons. The Labute approximate surface area is 81.1 Å². The Bertz CT molecular complexity index is 237. The molecule has 1 saturated heterocycles. The van der Waals surface area contributed by atoms with Crippen LogP contribution in [0.3, 0.4) is 0 Å². The maximum absolute atomic E-state index is 11.3. The van der Waals surface area contributed by atoms with Gasteiger partial charge in [0.1, 0.15) is 0 Å². The van der Waals surface area contributed by atoms with Crippen molar-refractivity contribution in [2.45, 2.75) is 6.42 Å². The number of imide groups is 1. The molecule has 0 aliphatic carbocycles. The molecule has 0 unspecified atom stereocenters. The summed E-state index contributed by atoms with van der Waals surface area (Å²) in [4.78, 5) is 23.7. The molecule has 0 bridgehead atoms. The van der Waals surface area contributed by atoms with Crippen LogP contribution < -0.4 is 5.73 Å². The fraction of sp³-hybridized carbons (Fsp3) is 0.500. The monoisotopic (exact) mass is 200 g/mol. The minimum Gasteiger partial charge on any atom is -0.327 e. The van der Waals surface area contributed by atoms with E-state index in [0.29, 0.717) is 24.3 Å². The van der Waals surface area contributed by atoms with E-state index in [9.17, 15) is 9.59 Å². The number of thioether (sulfide) groups is 1. The lowest BCUT2D eigenvalue weighted by atomic mass is 10.3. The molecule has 13 heavy (non-hydrogen) atoms. The van der Waals surface area contributed by atoms with Gasteiger partial charge >= 0.3 is 0 Å². The molecule has 0 spiro atoms. The van der Waals surface area contributed by atoms with Crippen LogP contribution >= 0.6 is 11.8 Å².